The van der Waals surface area contributed by atoms with Crippen LogP contribution in [0.4, 0.5) is 5.69 Å². The van der Waals surface area contributed by atoms with Crippen LogP contribution in [0.1, 0.15) is 29.5 Å². The van der Waals surface area contributed by atoms with Crippen molar-refractivity contribution in [2.45, 2.75) is 33.3 Å². The predicted molar refractivity (Wildman–Crippen MR) is 108 cm³/mol. The molecular weight excluding hydrogens is 352 g/mol. The van der Waals surface area contributed by atoms with Crippen LogP contribution in [0.2, 0.25) is 0 Å². The second-order valence-corrected chi connectivity index (χ2v) is 6.99. The molecule has 0 atom stereocenters. The van der Waals surface area contributed by atoms with E-state index < -0.39 is 0 Å². The van der Waals surface area contributed by atoms with Gasteiger partial charge >= 0.3 is 0 Å². The monoisotopic (exact) mass is 376 g/mol. The fraction of sp³-hybridized carbons (Fsp3) is 0.304. The Morgan fingerprint density at radius 1 is 1.18 bits per heavy atom. The zero-order valence-electron chi connectivity index (χ0n) is 16.3. The molecule has 1 aromatic heterocycles. The quantitative estimate of drug-likeness (QED) is 0.643. The Bertz CT molecular complexity index is 976. The highest BCUT2D eigenvalue weighted by molar-refractivity contribution is 5.96. The van der Waals surface area contributed by atoms with E-state index in [4.69, 9.17) is 9.15 Å². The lowest BCUT2D eigenvalue weighted by molar-refractivity contribution is -0.123. The maximum Gasteiger partial charge on any atom is 0.253 e. The molecule has 0 saturated carbocycles. The third-order valence-corrected chi connectivity index (χ3v) is 5.15. The van der Waals surface area contributed by atoms with Crippen molar-refractivity contribution in [1.29, 1.82) is 0 Å². The first-order valence-electron chi connectivity index (χ1n) is 9.67. The van der Waals surface area contributed by atoms with E-state index in [0.29, 0.717) is 18.2 Å². The molecule has 0 radical (unpaired) electrons. The van der Waals surface area contributed by atoms with Crippen molar-refractivity contribution in [3.05, 3.63) is 71.1 Å². The summed E-state index contributed by atoms with van der Waals surface area (Å²) in [5, 5.41) is 0. The minimum atomic E-state index is -0.0264. The lowest BCUT2D eigenvalue weighted by Gasteiger charge is -2.17. The summed E-state index contributed by atoms with van der Waals surface area (Å²) < 4.78 is 11.5. The molecule has 3 aromatic rings. The molecular formula is C23H24N2O3. The Hall–Kier alpha value is -2.92. The minimum Gasteiger partial charge on any atom is -0.441 e. The van der Waals surface area contributed by atoms with Gasteiger partial charge in [-0.15, -0.1) is 0 Å². The number of para-hydroxylation sites is 1. The van der Waals surface area contributed by atoms with E-state index in [0.717, 1.165) is 29.8 Å². The minimum absolute atomic E-state index is 0.0264. The molecule has 5 heteroatoms. The highest BCUT2D eigenvalue weighted by Crippen LogP contribution is 2.27. The topological polar surface area (TPSA) is 55.6 Å². The SMILES string of the molecule is CCc1ccc(-c2nc(COCC(=O)N3CCc4ccccc43)c(C)o2)cc1. The molecule has 1 aliphatic heterocycles. The fourth-order valence-electron chi connectivity index (χ4n) is 3.48. The summed E-state index contributed by atoms with van der Waals surface area (Å²) in [5.41, 5.74) is 5.14. The van der Waals surface area contributed by atoms with E-state index in [1.165, 1.54) is 11.1 Å². The van der Waals surface area contributed by atoms with Crippen molar-refractivity contribution < 1.29 is 13.9 Å². The molecule has 5 nitrogen and oxygen atoms in total. The van der Waals surface area contributed by atoms with Crippen LogP contribution in [0.15, 0.2) is 52.9 Å². The van der Waals surface area contributed by atoms with Crippen LogP contribution in [-0.2, 0) is 29.0 Å². The molecule has 0 bridgehead atoms. The molecule has 28 heavy (non-hydrogen) atoms. The van der Waals surface area contributed by atoms with E-state index in [-0.39, 0.29) is 19.1 Å². The number of hydrogen-bond acceptors (Lipinski definition) is 4. The van der Waals surface area contributed by atoms with E-state index in [2.05, 4.69) is 30.1 Å². The van der Waals surface area contributed by atoms with Gasteiger partial charge in [0.1, 0.15) is 18.1 Å². The molecule has 0 aliphatic carbocycles. The maximum absolute atomic E-state index is 12.5. The zero-order chi connectivity index (χ0) is 19.5. The molecule has 144 valence electrons. The number of aromatic nitrogens is 1. The average molecular weight is 376 g/mol. The predicted octanol–water partition coefficient (Wildman–Crippen LogP) is 4.32. The molecule has 2 heterocycles. The van der Waals surface area contributed by atoms with Gasteiger partial charge in [-0.1, -0.05) is 37.3 Å². The normalized spacial score (nSPS) is 13.0. The maximum atomic E-state index is 12.5. The number of aryl methyl sites for hydroxylation is 2. The van der Waals surface area contributed by atoms with Crippen LogP contribution in [-0.4, -0.2) is 24.0 Å². The molecule has 0 unspecified atom stereocenters. The Balaban J connectivity index is 1.36. The number of fused-ring (bicyclic) bond motifs is 1. The molecule has 0 saturated heterocycles. The van der Waals surface area contributed by atoms with Gasteiger partial charge in [0.15, 0.2) is 0 Å². The summed E-state index contributed by atoms with van der Waals surface area (Å²) in [6.45, 7) is 4.99. The number of oxazole rings is 1. The molecule has 0 fully saturated rings. The van der Waals surface area contributed by atoms with Gasteiger partial charge in [-0.25, -0.2) is 4.98 Å². The van der Waals surface area contributed by atoms with Crippen molar-refractivity contribution in [1.82, 2.24) is 4.98 Å². The standard InChI is InChI=1S/C23H24N2O3/c1-3-17-8-10-19(11-9-17)23-24-20(16(2)28-23)14-27-15-22(26)25-13-12-18-6-4-5-7-21(18)25/h4-11H,3,12-15H2,1-2H3. The van der Waals surface area contributed by atoms with Gasteiger partial charge in [0, 0.05) is 17.8 Å². The lowest BCUT2D eigenvalue weighted by Crippen LogP contribution is -2.32. The Labute approximate surface area is 165 Å². The molecule has 0 N–H and O–H groups in total. The number of benzene rings is 2. The van der Waals surface area contributed by atoms with Crippen LogP contribution in [0.25, 0.3) is 11.5 Å². The Morgan fingerprint density at radius 3 is 2.75 bits per heavy atom. The van der Waals surface area contributed by atoms with Gasteiger partial charge < -0.3 is 14.1 Å². The summed E-state index contributed by atoms with van der Waals surface area (Å²) in [7, 11) is 0. The molecule has 0 spiro atoms. The molecule has 4 rings (SSSR count). The Kier molecular flexibility index (Phi) is 5.26. The first-order chi connectivity index (χ1) is 13.7. The number of carbonyl (C=O) groups is 1. The molecule has 2 aromatic carbocycles. The largest absolute Gasteiger partial charge is 0.441 e. The second-order valence-electron chi connectivity index (χ2n) is 6.99. The molecule has 1 aliphatic rings. The number of nitrogens with zero attached hydrogens (tertiary/aromatic N) is 2. The van der Waals surface area contributed by atoms with Gasteiger partial charge in [0.05, 0.1) is 6.61 Å². The second kappa shape index (κ2) is 7.98. The summed E-state index contributed by atoms with van der Waals surface area (Å²) in [5.74, 6) is 1.27. The number of ether oxygens (including phenoxy) is 1. The summed E-state index contributed by atoms with van der Waals surface area (Å²) in [4.78, 5) is 18.9. The van der Waals surface area contributed by atoms with Crippen LogP contribution < -0.4 is 4.90 Å². The number of rotatable bonds is 6. The van der Waals surface area contributed by atoms with E-state index in [1.54, 1.807) is 4.90 Å². The van der Waals surface area contributed by atoms with Gasteiger partial charge in [-0.2, -0.15) is 0 Å². The highest BCUT2D eigenvalue weighted by Gasteiger charge is 2.24. The van der Waals surface area contributed by atoms with Crippen molar-refractivity contribution in [2.24, 2.45) is 0 Å². The van der Waals surface area contributed by atoms with Crippen LogP contribution in [0.5, 0.6) is 0 Å². The zero-order valence-corrected chi connectivity index (χ0v) is 16.3. The third kappa shape index (κ3) is 3.71. The van der Waals surface area contributed by atoms with Crippen molar-refractivity contribution >= 4 is 11.6 Å². The fourth-order valence-corrected chi connectivity index (χ4v) is 3.48. The van der Waals surface area contributed by atoms with Gasteiger partial charge in [-0.05, 0) is 49.1 Å². The van der Waals surface area contributed by atoms with E-state index in [1.807, 2.05) is 37.3 Å². The number of amides is 1. The van der Waals surface area contributed by atoms with E-state index >= 15 is 0 Å². The Morgan fingerprint density at radius 2 is 1.96 bits per heavy atom. The van der Waals surface area contributed by atoms with Crippen LogP contribution >= 0.6 is 0 Å². The number of carbonyl (C=O) groups excluding carboxylic acids is 1. The third-order valence-electron chi connectivity index (χ3n) is 5.15. The van der Waals surface area contributed by atoms with Gasteiger partial charge in [-0.3, -0.25) is 4.79 Å². The first kappa shape index (κ1) is 18.4. The van der Waals surface area contributed by atoms with Gasteiger partial charge in [0.25, 0.3) is 5.91 Å². The number of hydrogen-bond donors (Lipinski definition) is 0. The smallest absolute Gasteiger partial charge is 0.253 e. The first-order valence-corrected chi connectivity index (χ1v) is 9.67. The van der Waals surface area contributed by atoms with E-state index in [9.17, 15) is 4.79 Å². The summed E-state index contributed by atoms with van der Waals surface area (Å²) in [6, 6.07) is 16.2. The van der Waals surface area contributed by atoms with Crippen molar-refractivity contribution in [2.75, 3.05) is 18.1 Å². The van der Waals surface area contributed by atoms with Crippen molar-refractivity contribution in [3.8, 4) is 11.5 Å². The highest BCUT2D eigenvalue weighted by atomic mass is 16.5. The average Bonchev–Trinajstić information content (AvgIpc) is 3.32. The summed E-state index contributed by atoms with van der Waals surface area (Å²) in [6.07, 6.45) is 1.89. The number of anilines is 1. The molecule has 1 amide bonds. The summed E-state index contributed by atoms with van der Waals surface area (Å²) >= 11 is 0. The van der Waals surface area contributed by atoms with Crippen LogP contribution in [0, 0.1) is 6.92 Å². The lowest BCUT2D eigenvalue weighted by atomic mass is 10.1. The van der Waals surface area contributed by atoms with Crippen molar-refractivity contribution in [3.63, 3.8) is 0 Å². The van der Waals surface area contributed by atoms with Gasteiger partial charge in [0.2, 0.25) is 5.89 Å². The van der Waals surface area contributed by atoms with Crippen LogP contribution in [0.3, 0.4) is 0 Å².